The number of para-hydroxylation sites is 1. The number of fused-ring (bicyclic) bond motifs is 2. The van der Waals surface area contributed by atoms with Crippen LogP contribution in [0.25, 0.3) is 0 Å². The summed E-state index contributed by atoms with van der Waals surface area (Å²) in [5.41, 5.74) is 2.79. The quantitative estimate of drug-likeness (QED) is 0.859. The standard InChI is InChI=1S/C22H28N4O3/c1-14(2)16-6-5-7-17(18(16)27)20(28)26-9-8-22(12-26)13-29-11-15-10-23-21(25(3)4)24-19(15)22/h5-7,10,14,27H,8-9,11-13H2,1-4H3. The van der Waals surface area contributed by atoms with Crippen molar-refractivity contribution in [2.75, 3.05) is 38.7 Å². The van der Waals surface area contributed by atoms with Crippen LogP contribution in [-0.2, 0) is 16.8 Å². The summed E-state index contributed by atoms with van der Waals surface area (Å²) in [4.78, 5) is 26.2. The highest BCUT2D eigenvalue weighted by Crippen LogP contribution is 2.40. The topological polar surface area (TPSA) is 78.8 Å². The van der Waals surface area contributed by atoms with Crippen LogP contribution >= 0.6 is 0 Å². The molecule has 0 saturated carbocycles. The van der Waals surface area contributed by atoms with Crippen molar-refractivity contribution in [1.29, 1.82) is 0 Å². The molecular formula is C22H28N4O3. The van der Waals surface area contributed by atoms with Gasteiger partial charge in [-0.3, -0.25) is 4.79 Å². The van der Waals surface area contributed by atoms with E-state index in [-0.39, 0.29) is 23.0 Å². The van der Waals surface area contributed by atoms with Crippen LogP contribution in [0.15, 0.2) is 24.4 Å². The molecule has 0 bridgehead atoms. The Balaban J connectivity index is 1.65. The first kappa shape index (κ1) is 19.6. The summed E-state index contributed by atoms with van der Waals surface area (Å²) in [5.74, 6) is 0.756. The summed E-state index contributed by atoms with van der Waals surface area (Å²) in [5, 5.41) is 10.6. The molecule has 2 aromatic rings. The SMILES string of the molecule is CC(C)c1cccc(C(=O)N2CCC3(COCc4cnc(N(C)C)nc43)C2)c1O. The second-order valence-corrected chi connectivity index (χ2v) is 8.59. The maximum absolute atomic E-state index is 13.2. The van der Waals surface area contributed by atoms with Crippen LogP contribution < -0.4 is 4.90 Å². The molecule has 3 heterocycles. The lowest BCUT2D eigenvalue weighted by Crippen LogP contribution is -2.42. The summed E-state index contributed by atoms with van der Waals surface area (Å²) in [6.45, 7) is 6.17. The molecule has 1 spiro atoms. The molecule has 1 atom stereocenters. The number of aromatic hydroxyl groups is 1. The highest BCUT2D eigenvalue weighted by molar-refractivity contribution is 5.97. The van der Waals surface area contributed by atoms with Crippen molar-refractivity contribution in [3.8, 4) is 5.75 Å². The fourth-order valence-electron chi connectivity index (χ4n) is 4.33. The monoisotopic (exact) mass is 396 g/mol. The highest BCUT2D eigenvalue weighted by atomic mass is 16.5. The van der Waals surface area contributed by atoms with Crippen LogP contribution in [0, 0.1) is 0 Å². The van der Waals surface area contributed by atoms with Crippen LogP contribution in [0.5, 0.6) is 5.75 Å². The number of benzene rings is 1. The summed E-state index contributed by atoms with van der Waals surface area (Å²) < 4.78 is 5.86. The second-order valence-electron chi connectivity index (χ2n) is 8.59. The number of nitrogens with zero attached hydrogens (tertiary/aromatic N) is 4. The molecule has 7 nitrogen and oxygen atoms in total. The molecule has 1 fully saturated rings. The Morgan fingerprint density at radius 1 is 1.34 bits per heavy atom. The number of aromatic nitrogens is 2. The first-order valence-electron chi connectivity index (χ1n) is 10.0. The molecule has 0 aliphatic carbocycles. The van der Waals surface area contributed by atoms with Gasteiger partial charge in [-0.1, -0.05) is 26.0 Å². The molecule has 1 unspecified atom stereocenters. The third kappa shape index (κ3) is 3.33. The van der Waals surface area contributed by atoms with Gasteiger partial charge in [0.2, 0.25) is 5.95 Å². The van der Waals surface area contributed by atoms with Gasteiger partial charge in [0.05, 0.1) is 29.9 Å². The summed E-state index contributed by atoms with van der Waals surface area (Å²) >= 11 is 0. The number of ether oxygens (including phenoxy) is 1. The van der Waals surface area contributed by atoms with Gasteiger partial charge in [0, 0.05) is 38.9 Å². The third-order valence-electron chi connectivity index (χ3n) is 5.95. The smallest absolute Gasteiger partial charge is 0.257 e. The second kappa shape index (κ2) is 7.30. The fraction of sp³-hybridized carbons (Fsp3) is 0.500. The van der Waals surface area contributed by atoms with Crippen molar-refractivity contribution < 1.29 is 14.6 Å². The summed E-state index contributed by atoms with van der Waals surface area (Å²) in [6, 6.07) is 5.41. The van der Waals surface area contributed by atoms with Gasteiger partial charge >= 0.3 is 0 Å². The summed E-state index contributed by atoms with van der Waals surface area (Å²) in [6.07, 6.45) is 2.61. The molecule has 154 valence electrons. The van der Waals surface area contributed by atoms with Crippen LogP contribution in [0.3, 0.4) is 0 Å². The average molecular weight is 396 g/mol. The molecule has 29 heavy (non-hydrogen) atoms. The predicted octanol–water partition coefficient (Wildman–Crippen LogP) is 2.69. The zero-order chi connectivity index (χ0) is 20.8. The third-order valence-corrected chi connectivity index (χ3v) is 5.95. The minimum Gasteiger partial charge on any atom is -0.507 e. The largest absolute Gasteiger partial charge is 0.507 e. The highest BCUT2D eigenvalue weighted by Gasteiger charge is 2.46. The number of carbonyl (C=O) groups is 1. The van der Waals surface area contributed by atoms with Crippen LogP contribution in [0.1, 0.15) is 53.4 Å². The number of likely N-dealkylation sites (tertiary alicyclic amines) is 1. The molecule has 1 aromatic heterocycles. The molecule has 2 aliphatic rings. The Morgan fingerprint density at radius 3 is 2.86 bits per heavy atom. The number of hydrogen-bond acceptors (Lipinski definition) is 6. The zero-order valence-corrected chi connectivity index (χ0v) is 17.5. The molecule has 4 rings (SSSR count). The lowest BCUT2D eigenvalue weighted by molar-refractivity contribution is 0.0484. The van der Waals surface area contributed by atoms with E-state index in [9.17, 15) is 9.90 Å². The first-order valence-corrected chi connectivity index (χ1v) is 10.0. The number of carbonyl (C=O) groups excluding carboxylic acids is 1. The number of rotatable bonds is 3. The van der Waals surface area contributed by atoms with Crippen molar-refractivity contribution in [3.63, 3.8) is 0 Å². The van der Waals surface area contributed by atoms with Gasteiger partial charge in [-0.05, 0) is 24.0 Å². The van der Waals surface area contributed by atoms with Gasteiger partial charge in [-0.15, -0.1) is 0 Å². The van der Waals surface area contributed by atoms with Crippen molar-refractivity contribution >= 4 is 11.9 Å². The van der Waals surface area contributed by atoms with E-state index >= 15 is 0 Å². The minimum absolute atomic E-state index is 0.0889. The number of anilines is 1. The molecular weight excluding hydrogens is 368 g/mol. The van der Waals surface area contributed by atoms with Gasteiger partial charge in [-0.2, -0.15) is 0 Å². The molecule has 1 saturated heterocycles. The molecule has 7 heteroatoms. The van der Waals surface area contributed by atoms with E-state index in [1.54, 1.807) is 6.07 Å². The summed E-state index contributed by atoms with van der Waals surface area (Å²) in [7, 11) is 3.84. The maximum Gasteiger partial charge on any atom is 0.257 e. The van der Waals surface area contributed by atoms with Crippen molar-refractivity contribution in [2.24, 2.45) is 0 Å². The zero-order valence-electron chi connectivity index (χ0n) is 17.5. The van der Waals surface area contributed by atoms with E-state index in [1.165, 1.54) is 0 Å². The van der Waals surface area contributed by atoms with Gasteiger partial charge in [0.15, 0.2) is 0 Å². The fourth-order valence-corrected chi connectivity index (χ4v) is 4.33. The van der Waals surface area contributed by atoms with Crippen molar-refractivity contribution in [1.82, 2.24) is 14.9 Å². The van der Waals surface area contributed by atoms with Gasteiger partial charge in [0.1, 0.15) is 5.75 Å². The Hall–Kier alpha value is -2.67. The van der Waals surface area contributed by atoms with Crippen molar-refractivity contribution in [2.45, 2.75) is 38.2 Å². The van der Waals surface area contributed by atoms with E-state index in [0.29, 0.717) is 37.8 Å². The van der Waals surface area contributed by atoms with E-state index < -0.39 is 0 Å². The molecule has 1 aromatic carbocycles. The lowest BCUT2D eigenvalue weighted by atomic mass is 9.80. The Bertz CT molecular complexity index is 944. The van der Waals surface area contributed by atoms with Gasteiger partial charge < -0.3 is 19.6 Å². The van der Waals surface area contributed by atoms with E-state index in [0.717, 1.165) is 23.2 Å². The lowest BCUT2D eigenvalue weighted by Gasteiger charge is -2.34. The van der Waals surface area contributed by atoms with Gasteiger partial charge in [-0.25, -0.2) is 9.97 Å². The Labute approximate surface area is 171 Å². The molecule has 1 N–H and O–H groups in total. The minimum atomic E-state index is -0.331. The predicted molar refractivity (Wildman–Crippen MR) is 110 cm³/mol. The van der Waals surface area contributed by atoms with E-state index in [1.807, 2.05) is 56.1 Å². The first-order chi connectivity index (χ1) is 13.8. The van der Waals surface area contributed by atoms with Crippen LogP contribution in [0.4, 0.5) is 5.95 Å². The Morgan fingerprint density at radius 2 is 2.14 bits per heavy atom. The van der Waals surface area contributed by atoms with Crippen LogP contribution in [-0.4, -0.2) is 59.7 Å². The number of hydrogen-bond donors (Lipinski definition) is 1. The number of phenols is 1. The Kier molecular flexibility index (Phi) is 4.94. The average Bonchev–Trinajstić information content (AvgIpc) is 3.12. The van der Waals surface area contributed by atoms with E-state index in [4.69, 9.17) is 9.72 Å². The molecule has 0 radical (unpaired) electrons. The van der Waals surface area contributed by atoms with Crippen LogP contribution in [0.2, 0.25) is 0 Å². The normalized spacial score (nSPS) is 20.9. The number of amides is 1. The van der Waals surface area contributed by atoms with Gasteiger partial charge in [0.25, 0.3) is 5.91 Å². The van der Waals surface area contributed by atoms with Crippen molar-refractivity contribution in [3.05, 3.63) is 46.8 Å². The molecule has 1 amide bonds. The van der Waals surface area contributed by atoms with E-state index in [2.05, 4.69) is 4.98 Å². The molecule has 2 aliphatic heterocycles. The number of phenolic OH excluding ortho intramolecular Hbond substituents is 1. The maximum atomic E-state index is 13.2.